The molecule has 1 amide bonds. The lowest BCUT2D eigenvalue weighted by Crippen LogP contribution is -2.48. The van der Waals surface area contributed by atoms with Gasteiger partial charge in [-0.1, -0.05) is 36.7 Å². The molecule has 2 aliphatic rings. The Labute approximate surface area is 156 Å². The van der Waals surface area contributed by atoms with Crippen LogP contribution in [0.4, 0.5) is 4.39 Å². The average molecular weight is 371 g/mol. The van der Waals surface area contributed by atoms with Gasteiger partial charge in [-0.05, 0) is 59.0 Å². The number of benzene rings is 2. The number of rotatable bonds is 4. The monoisotopic (exact) mass is 370 g/mol. The molecule has 1 unspecified atom stereocenters. The first-order chi connectivity index (χ1) is 12.6. The molecule has 1 aliphatic carbocycles. The summed E-state index contributed by atoms with van der Waals surface area (Å²) in [5.74, 6) is -0.129. The molecule has 134 valence electrons. The van der Waals surface area contributed by atoms with Crippen LogP contribution in [0.5, 0.6) is 0 Å². The Morgan fingerprint density at radius 3 is 2.81 bits per heavy atom. The highest BCUT2D eigenvalue weighted by Gasteiger charge is 2.30. The summed E-state index contributed by atoms with van der Waals surface area (Å²) in [6.07, 6.45) is 6.41. The minimum absolute atomic E-state index is 0.103. The zero-order valence-corrected chi connectivity index (χ0v) is 15.2. The fourth-order valence-corrected chi connectivity index (χ4v) is 3.61. The highest BCUT2D eigenvalue weighted by molar-refractivity contribution is 6.33. The summed E-state index contributed by atoms with van der Waals surface area (Å²) in [6, 6.07) is 9.13. The highest BCUT2D eigenvalue weighted by atomic mass is 35.5. The van der Waals surface area contributed by atoms with Crippen molar-refractivity contribution < 1.29 is 9.18 Å². The molecule has 4 rings (SSSR count). The Hall–Kier alpha value is -2.33. The van der Waals surface area contributed by atoms with Gasteiger partial charge in [-0.3, -0.25) is 4.79 Å². The molecule has 26 heavy (non-hydrogen) atoms. The summed E-state index contributed by atoms with van der Waals surface area (Å²) in [4.78, 5) is 11.9. The Balaban J connectivity index is 1.69. The van der Waals surface area contributed by atoms with E-state index in [4.69, 9.17) is 11.6 Å². The first-order valence-electron chi connectivity index (χ1n) is 8.92. The van der Waals surface area contributed by atoms with Gasteiger partial charge in [0, 0.05) is 17.7 Å². The van der Waals surface area contributed by atoms with Crippen LogP contribution in [0, 0.1) is 11.7 Å². The average Bonchev–Trinajstić information content (AvgIpc) is 3.49. The second-order valence-electron chi connectivity index (χ2n) is 6.83. The third-order valence-electron chi connectivity index (χ3n) is 4.95. The topological polar surface area (TPSA) is 41.1 Å². The maximum absolute atomic E-state index is 14.0. The lowest BCUT2D eigenvalue weighted by molar-refractivity contribution is -0.122. The summed E-state index contributed by atoms with van der Waals surface area (Å²) in [6.45, 7) is 2.03. The van der Waals surface area contributed by atoms with E-state index in [1.54, 1.807) is 6.07 Å². The Kier molecular flexibility index (Phi) is 4.45. The van der Waals surface area contributed by atoms with Crippen LogP contribution in [0.1, 0.15) is 25.3 Å². The zero-order chi connectivity index (χ0) is 18.3. The number of fused-ring (bicyclic) bond motifs is 1. The van der Waals surface area contributed by atoms with Crippen molar-refractivity contribution in [1.29, 1.82) is 0 Å². The second-order valence-corrected chi connectivity index (χ2v) is 7.21. The Morgan fingerprint density at radius 1 is 1.27 bits per heavy atom. The zero-order valence-electron chi connectivity index (χ0n) is 14.5. The minimum atomic E-state index is -0.409. The van der Waals surface area contributed by atoms with Gasteiger partial charge in [0.2, 0.25) is 5.91 Å². The normalized spacial score (nSPS) is 18.2. The maximum Gasteiger partial charge on any atom is 0.224 e. The summed E-state index contributed by atoms with van der Waals surface area (Å²) in [7, 11) is 0. The third-order valence-corrected chi connectivity index (χ3v) is 5.32. The van der Waals surface area contributed by atoms with E-state index in [0.29, 0.717) is 0 Å². The maximum atomic E-state index is 14.0. The fourth-order valence-electron chi connectivity index (χ4n) is 3.31. The molecule has 0 spiro atoms. The number of nitrogens with one attached hydrogen (secondary N) is 2. The van der Waals surface area contributed by atoms with Crippen LogP contribution in [0.15, 0.2) is 30.3 Å². The molecule has 1 atom stereocenters. The van der Waals surface area contributed by atoms with E-state index in [-0.39, 0.29) is 23.0 Å². The van der Waals surface area contributed by atoms with E-state index >= 15 is 0 Å². The smallest absolute Gasteiger partial charge is 0.224 e. The van der Waals surface area contributed by atoms with Gasteiger partial charge in [0.25, 0.3) is 0 Å². The van der Waals surface area contributed by atoms with Crippen molar-refractivity contribution in [3.8, 4) is 11.1 Å². The van der Waals surface area contributed by atoms with E-state index < -0.39 is 5.82 Å². The van der Waals surface area contributed by atoms with Crippen molar-refractivity contribution >= 4 is 29.8 Å². The van der Waals surface area contributed by atoms with Crippen LogP contribution in [0.3, 0.4) is 0 Å². The molecule has 0 bridgehead atoms. The van der Waals surface area contributed by atoms with Crippen LogP contribution in [-0.4, -0.2) is 12.1 Å². The second kappa shape index (κ2) is 6.76. The predicted molar refractivity (Wildman–Crippen MR) is 102 cm³/mol. The first-order valence-corrected chi connectivity index (χ1v) is 9.30. The first kappa shape index (κ1) is 17.1. The van der Waals surface area contributed by atoms with E-state index in [2.05, 4.69) is 10.6 Å². The molecule has 0 saturated heterocycles. The largest absolute Gasteiger partial charge is 0.368 e. The van der Waals surface area contributed by atoms with E-state index in [1.807, 2.05) is 37.4 Å². The van der Waals surface area contributed by atoms with Crippen LogP contribution < -0.4 is 21.1 Å². The molecule has 1 aliphatic heterocycles. The van der Waals surface area contributed by atoms with Crippen LogP contribution in [0.2, 0.25) is 5.02 Å². The van der Waals surface area contributed by atoms with Gasteiger partial charge in [0.15, 0.2) is 0 Å². The molecule has 2 aromatic rings. The SMILES string of the molecule is CCc1ccc(F)c(Cl)c1-c1ccc2c(c1)=CNC(NC(=O)C1CC1)C=2. The van der Waals surface area contributed by atoms with E-state index in [0.717, 1.165) is 46.4 Å². The van der Waals surface area contributed by atoms with Crippen LogP contribution >= 0.6 is 11.6 Å². The Bertz CT molecular complexity index is 998. The van der Waals surface area contributed by atoms with Crippen molar-refractivity contribution in [3.63, 3.8) is 0 Å². The third kappa shape index (κ3) is 3.21. The summed E-state index contributed by atoms with van der Waals surface area (Å²) >= 11 is 6.25. The molecule has 0 aromatic heterocycles. The number of amides is 1. The van der Waals surface area contributed by atoms with Crippen molar-refractivity contribution in [2.75, 3.05) is 0 Å². The lowest BCUT2D eigenvalue weighted by Gasteiger charge is -2.19. The fraction of sp³-hybridized carbons (Fsp3) is 0.286. The van der Waals surface area contributed by atoms with Gasteiger partial charge in [-0.15, -0.1) is 0 Å². The van der Waals surface area contributed by atoms with E-state index in [9.17, 15) is 9.18 Å². The quantitative estimate of drug-likeness (QED) is 0.868. The number of halogens is 2. The molecule has 3 nitrogen and oxygen atoms in total. The molecule has 0 radical (unpaired) electrons. The highest BCUT2D eigenvalue weighted by Crippen LogP contribution is 2.33. The molecule has 1 heterocycles. The van der Waals surface area contributed by atoms with Crippen LogP contribution in [-0.2, 0) is 11.2 Å². The van der Waals surface area contributed by atoms with Gasteiger partial charge in [0.05, 0.1) is 5.02 Å². The van der Waals surface area contributed by atoms with Gasteiger partial charge in [-0.25, -0.2) is 4.39 Å². The molecule has 2 N–H and O–H groups in total. The molecule has 1 fully saturated rings. The molecule has 5 heteroatoms. The number of aryl methyl sites for hydroxylation is 1. The predicted octanol–water partition coefficient (Wildman–Crippen LogP) is 2.68. The van der Waals surface area contributed by atoms with Crippen molar-refractivity contribution in [1.82, 2.24) is 10.6 Å². The standard InChI is InChI=1S/C21H20ClFN2O/c1-2-12-7-8-17(23)20(22)19(12)15-6-5-14-10-18(24-11-16(14)9-15)25-21(26)13-3-4-13/h5-11,13,18,24H,2-4H2,1H3,(H,25,26). The number of hydrogen-bond donors (Lipinski definition) is 2. The van der Waals surface area contributed by atoms with Crippen molar-refractivity contribution in [3.05, 3.63) is 57.2 Å². The van der Waals surface area contributed by atoms with Crippen molar-refractivity contribution in [2.24, 2.45) is 5.92 Å². The van der Waals surface area contributed by atoms with E-state index in [1.165, 1.54) is 6.07 Å². The van der Waals surface area contributed by atoms with Gasteiger partial charge < -0.3 is 10.6 Å². The van der Waals surface area contributed by atoms with Gasteiger partial charge >= 0.3 is 0 Å². The van der Waals surface area contributed by atoms with Crippen LogP contribution in [0.25, 0.3) is 23.4 Å². The molecule has 2 aromatic carbocycles. The number of hydrogen-bond acceptors (Lipinski definition) is 2. The summed E-state index contributed by atoms with van der Waals surface area (Å²) in [5, 5.41) is 8.37. The van der Waals surface area contributed by atoms with Gasteiger partial charge in [-0.2, -0.15) is 0 Å². The molecular weight excluding hydrogens is 351 g/mol. The Morgan fingerprint density at radius 2 is 2.08 bits per heavy atom. The summed E-state index contributed by atoms with van der Waals surface area (Å²) in [5.41, 5.74) is 2.64. The lowest BCUT2D eigenvalue weighted by atomic mass is 9.96. The molecular formula is C21H20ClFN2O. The van der Waals surface area contributed by atoms with Crippen molar-refractivity contribution in [2.45, 2.75) is 32.4 Å². The molecule has 1 saturated carbocycles. The van der Waals surface area contributed by atoms with Gasteiger partial charge in [0.1, 0.15) is 12.0 Å². The summed E-state index contributed by atoms with van der Waals surface area (Å²) < 4.78 is 14.0. The minimum Gasteiger partial charge on any atom is -0.368 e. The number of carbonyl (C=O) groups is 1. The number of carbonyl (C=O) groups excluding carboxylic acids is 1.